The van der Waals surface area contributed by atoms with Crippen LogP contribution in [0.4, 0.5) is 0 Å². The van der Waals surface area contributed by atoms with Gasteiger partial charge >= 0.3 is 0 Å². The lowest BCUT2D eigenvalue weighted by Gasteiger charge is -2.29. The molecule has 2 rings (SSSR count). The Morgan fingerprint density at radius 3 is 2.62 bits per heavy atom. The molecule has 21 heavy (non-hydrogen) atoms. The maximum Gasteiger partial charge on any atom is 0.226 e. The fourth-order valence-corrected chi connectivity index (χ4v) is 2.35. The lowest BCUT2D eigenvalue weighted by atomic mass is 10.1. The fourth-order valence-electron chi connectivity index (χ4n) is 2.35. The van der Waals surface area contributed by atoms with Crippen molar-refractivity contribution in [2.75, 3.05) is 26.3 Å². The number of hydrogen-bond acceptors (Lipinski definition) is 4. The van der Waals surface area contributed by atoms with Gasteiger partial charge in [-0.05, 0) is 31.9 Å². The van der Waals surface area contributed by atoms with Gasteiger partial charge in [-0.3, -0.25) is 4.79 Å². The summed E-state index contributed by atoms with van der Waals surface area (Å²) in [6.07, 6.45) is 1.44. The second-order valence-corrected chi connectivity index (χ2v) is 5.12. The number of likely N-dealkylation sites (tertiary alicyclic amines) is 1. The number of carbonyl (C=O) groups is 1. The number of benzene rings is 1. The Morgan fingerprint density at radius 1 is 1.29 bits per heavy atom. The van der Waals surface area contributed by atoms with E-state index in [0.29, 0.717) is 51.3 Å². The summed E-state index contributed by atoms with van der Waals surface area (Å²) >= 11 is 0. The number of hydrogen-bond donors (Lipinski definition) is 1. The molecule has 1 N–H and O–H groups in total. The standard InChI is InChI=1S/C16H23NO4/c1-2-20-14-4-3-5-15(12-14)21-11-8-16(19)17-9-6-13(18)7-10-17/h3-5,12-13,18H,2,6-11H2,1H3. The Kier molecular flexibility index (Phi) is 5.87. The highest BCUT2D eigenvalue weighted by molar-refractivity contribution is 5.76. The van der Waals surface area contributed by atoms with Crippen LogP contribution in [0.3, 0.4) is 0 Å². The molecular formula is C16H23NO4. The molecule has 0 atom stereocenters. The van der Waals surface area contributed by atoms with E-state index in [1.54, 1.807) is 4.90 Å². The predicted molar refractivity (Wildman–Crippen MR) is 79.5 cm³/mol. The molecule has 1 saturated heterocycles. The van der Waals surface area contributed by atoms with Gasteiger partial charge in [0.15, 0.2) is 0 Å². The number of carbonyl (C=O) groups excluding carboxylic acids is 1. The Bertz CT molecular complexity index is 455. The molecule has 5 nitrogen and oxygen atoms in total. The molecule has 1 aliphatic rings. The van der Waals surface area contributed by atoms with Crippen molar-refractivity contribution in [1.29, 1.82) is 0 Å². The second kappa shape index (κ2) is 7.88. The zero-order valence-corrected chi connectivity index (χ0v) is 12.5. The summed E-state index contributed by atoms with van der Waals surface area (Å²) in [5.41, 5.74) is 0. The van der Waals surface area contributed by atoms with Crippen LogP contribution in [0.25, 0.3) is 0 Å². The van der Waals surface area contributed by atoms with E-state index in [1.165, 1.54) is 0 Å². The van der Waals surface area contributed by atoms with E-state index in [4.69, 9.17) is 9.47 Å². The summed E-state index contributed by atoms with van der Waals surface area (Å²) < 4.78 is 11.0. The van der Waals surface area contributed by atoms with Crippen molar-refractivity contribution in [3.63, 3.8) is 0 Å². The van der Waals surface area contributed by atoms with Crippen molar-refractivity contribution in [3.8, 4) is 11.5 Å². The third-order valence-electron chi connectivity index (χ3n) is 3.52. The summed E-state index contributed by atoms with van der Waals surface area (Å²) in [4.78, 5) is 13.8. The smallest absolute Gasteiger partial charge is 0.226 e. The van der Waals surface area contributed by atoms with E-state index in [1.807, 2.05) is 31.2 Å². The first kappa shape index (κ1) is 15.6. The van der Waals surface area contributed by atoms with Gasteiger partial charge in [-0.15, -0.1) is 0 Å². The van der Waals surface area contributed by atoms with Crippen LogP contribution in [0.15, 0.2) is 24.3 Å². The summed E-state index contributed by atoms with van der Waals surface area (Å²) in [7, 11) is 0. The molecule has 0 spiro atoms. The second-order valence-electron chi connectivity index (χ2n) is 5.12. The first-order valence-electron chi connectivity index (χ1n) is 7.50. The minimum absolute atomic E-state index is 0.0860. The van der Waals surface area contributed by atoms with Crippen molar-refractivity contribution in [2.24, 2.45) is 0 Å². The number of ether oxygens (including phenoxy) is 2. The monoisotopic (exact) mass is 293 g/mol. The third-order valence-corrected chi connectivity index (χ3v) is 3.52. The maximum atomic E-state index is 12.0. The lowest BCUT2D eigenvalue weighted by Crippen LogP contribution is -2.40. The molecule has 0 bridgehead atoms. The summed E-state index contributed by atoms with van der Waals surface area (Å²) in [5, 5.41) is 9.43. The van der Waals surface area contributed by atoms with Gasteiger partial charge in [0, 0.05) is 19.2 Å². The van der Waals surface area contributed by atoms with Gasteiger partial charge in [0.25, 0.3) is 0 Å². The van der Waals surface area contributed by atoms with Crippen molar-refractivity contribution in [3.05, 3.63) is 24.3 Å². The fraction of sp³-hybridized carbons (Fsp3) is 0.562. The van der Waals surface area contributed by atoms with Crippen molar-refractivity contribution < 1.29 is 19.4 Å². The molecule has 1 aromatic rings. The van der Waals surface area contributed by atoms with Gasteiger partial charge in [-0.1, -0.05) is 6.07 Å². The average molecular weight is 293 g/mol. The zero-order chi connectivity index (χ0) is 15.1. The topological polar surface area (TPSA) is 59.0 Å². The summed E-state index contributed by atoms with van der Waals surface area (Å²) in [6.45, 7) is 4.18. The highest BCUT2D eigenvalue weighted by atomic mass is 16.5. The van der Waals surface area contributed by atoms with Crippen LogP contribution < -0.4 is 9.47 Å². The van der Waals surface area contributed by atoms with Crippen molar-refractivity contribution in [2.45, 2.75) is 32.3 Å². The van der Waals surface area contributed by atoms with Crippen molar-refractivity contribution in [1.82, 2.24) is 4.90 Å². The molecule has 0 aliphatic carbocycles. The molecule has 1 amide bonds. The molecular weight excluding hydrogens is 270 g/mol. The third kappa shape index (κ3) is 4.93. The van der Waals surface area contributed by atoms with E-state index in [9.17, 15) is 9.90 Å². The number of aliphatic hydroxyl groups is 1. The Balaban J connectivity index is 1.73. The Hall–Kier alpha value is -1.75. The highest BCUT2D eigenvalue weighted by Gasteiger charge is 2.20. The SMILES string of the molecule is CCOc1cccc(OCCC(=O)N2CCC(O)CC2)c1. The lowest BCUT2D eigenvalue weighted by molar-refractivity contribution is -0.133. The molecule has 1 heterocycles. The molecule has 1 fully saturated rings. The van der Waals surface area contributed by atoms with Gasteiger partial charge in [-0.2, -0.15) is 0 Å². The van der Waals surface area contributed by atoms with Crippen molar-refractivity contribution >= 4 is 5.91 Å². The molecule has 0 radical (unpaired) electrons. The minimum Gasteiger partial charge on any atom is -0.494 e. The molecule has 5 heteroatoms. The van der Waals surface area contributed by atoms with Crippen LogP contribution in [-0.2, 0) is 4.79 Å². The van der Waals surface area contributed by atoms with E-state index in [0.717, 1.165) is 5.75 Å². The van der Waals surface area contributed by atoms with Crippen LogP contribution >= 0.6 is 0 Å². The highest BCUT2D eigenvalue weighted by Crippen LogP contribution is 2.19. The minimum atomic E-state index is -0.258. The van der Waals surface area contributed by atoms with Gasteiger partial charge in [-0.25, -0.2) is 0 Å². The maximum absolute atomic E-state index is 12.0. The zero-order valence-electron chi connectivity index (χ0n) is 12.5. The van der Waals surface area contributed by atoms with Crippen LogP contribution in [-0.4, -0.2) is 48.3 Å². The van der Waals surface area contributed by atoms with Crippen LogP contribution in [0.5, 0.6) is 11.5 Å². The van der Waals surface area contributed by atoms with E-state index >= 15 is 0 Å². The van der Waals surface area contributed by atoms with E-state index in [-0.39, 0.29) is 12.0 Å². The van der Waals surface area contributed by atoms with Gasteiger partial charge in [0.2, 0.25) is 5.91 Å². The molecule has 0 saturated carbocycles. The number of amides is 1. The predicted octanol–water partition coefficient (Wildman–Crippen LogP) is 1.84. The van der Waals surface area contributed by atoms with Crippen LogP contribution in [0.2, 0.25) is 0 Å². The Morgan fingerprint density at radius 2 is 1.95 bits per heavy atom. The summed E-state index contributed by atoms with van der Waals surface area (Å²) in [6, 6.07) is 7.42. The number of rotatable bonds is 6. The molecule has 0 unspecified atom stereocenters. The molecule has 1 aromatic carbocycles. The normalized spacial score (nSPS) is 15.8. The van der Waals surface area contributed by atoms with Gasteiger partial charge in [0.05, 0.1) is 25.7 Å². The number of aliphatic hydroxyl groups excluding tert-OH is 1. The molecule has 0 aromatic heterocycles. The van der Waals surface area contributed by atoms with Gasteiger partial charge < -0.3 is 19.5 Å². The van der Waals surface area contributed by atoms with E-state index < -0.39 is 0 Å². The molecule has 1 aliphatic heterocycles. The van der Waals surface area contributed by atoms with Crippen LogP contribution in [0, 0.1) is 0 Å². The largest absolute Gasteiger partial charge is 0.494 e. The average Bonchev–Trinajstić information content (AvgIpc) is 2.48. The number of nitrogens with zero attached hydrogens (tertiary/aromatic N) is 1. The number of piperidine rings is 1. The Labute approximate surface area is 125 Å². The summed E-state index contributed by atoms with van der Waals surface area (Å²) in [5.74, 6) is 1.57. The first-order valence-corrected chi connectivity index (χ1v) is 7.50. The van der Waals surface area contributed by atoms with E-state index in [2.05, 4.69) is 0 Å². The quantitative estimate of drug-likeness (QED) is 0.869. The van der Waals surface area contributed by atoms with Crippen LogP contribution in [0.1, 0.15) is 26.2 Å². The first-order chi connectivity index (χ1) is 10.2. The van der Waals surface area contributed by atoms with Gasteiger partial charge in [0.1, 0.15) is 11.5 Å². The molecule has 116 valence electrons.